The van der Waals surface area contributed by atoms with Crippen molar-refractivity contribution in [3.05, 3.63) is 93.0 Å². The van der Waals surface area contributed by atoms with E-state index in [1.807, 2.05) is 29.2 Å². The molecular formula is C44H43ClN6O6. The van der Waals surface area contributed by atoms with Crippen LogP contribution in [-0.4, -0.2) is 93.8 Å². The van der Waals surface area contributed by atoms with Crippen LogP contribution in [0, 0.1) is 39.9 Å². The lowest BCUT2D eigenvalue weighted by atomic mass is 9.49. The molecule has 5 heterocycles. The van der Waals surface area contributed by atoms with E-state index in [4.69, 9.17) is 16.3 Å². The largest absolute Gasteiger partial charge is 0.489 e. The summed E-state index contributed by atoms with van der Waals surface area (Å²) in [5, 5.41) is 23.2. The zero-order valence-corrected chi connectivity index (χ0v) is 33.0. The topological polar surface area (TPSA) is 147 Å². The van der Waals surface area contributed by atoms with Crippen LogP contribution in [-0.2, 0) is 16.1 Å². The first kappa shape index (κ1) is 37.2. The van der Waals surface area contributed by atoms with Gasteiger partial charge in [-0.05, 0) is 54.4 Å². The van der Waals surface area contributed by atoms with E-state index in [0.717, 1.165) is 43.0 Å². The summed E-state index contributed by atoms with van der Waals surface area (Å²) in [6.45, 7) is 12.2. The first-order valence-corrected chi connectivity index (χ1v) is 19.8. The smallest absolute Gasteiger partial charge is 0.257 e. The molecular weight excluding hydrogens is 744 g/mol. The summed E-state index contributed by atoms with van der Waals surface area (Å²) in [5.41, 5.74) is 3.97. The minimum absolute atomic E-state index is 0.0212. The van der Waals surface area contributed by atoms with Crippen LogP contribution in [0.1, 0.15) is 89.7 Å². The molecule has 3 saturated heterocycles. The number of rotatable bonds is 6. The number of nitriles is 1. The summed E-state index contributed by atoms with van der Waals surface area (Å²) in [7, 11) is 0. The van der Waals surface area contributed by atoms with E-state index in [1.54, 1.807) is 30.3 Å². The summed E-state index contributed by atoms with van der Waals surface area (Å²) < 4.78 is 6.47. The molecule has 2 N–H and O–H groups in total. The van der Waals surface area contributed by atoms with Crippen molar-refractivity contribution in [1.82, 2.24) is 20.0 Å². The van der Waals surface area contributed by atoms with E-state index < -0.39 is 24.1 Å². The van der Waals surface area contributed by atoms with Gasteiger partial charge in [0.25, 0.3) is 11.8 Å². The zero-order chi connectivity index (χ0) is 40.1. The summed E-state index contributed by atoms with van der Waals surface area (Å²) >= 11 is 6.28. The fraction of sp³-hybridized carbons (Fsp3) is 0.432. The fourth-order valence-electron chi connectivity index (χ4n) is 10.5. The van der Waals surface area contributed by atoms with E-state index >= 15 is 0 Å². The molecule has 4 fully saturated rings. The van der Waals surface area contributed by atoms with Crippen LogP contribution in [0.15, 0.2) is 54.6 Å². The zero-order valence-electron chi connectivity index (χ0n) is 32.2. The van der Waals surface area contributed by atoms with Gasteiger partial charge >= 0.3 is 0 Å². The molecule has 57 heavy (non-hydrogen) atoms. The van der Waals surface area contributed by atoms with Crippen molar-refractivity contribution in [2.75, 3.05) is 31.1 Å². The number of nitrogens with one attached hydrogen (secondary N) is 1. The van der Waals surface area contributed by atoms with Crippen LogP contribution in [0.4, 0.5) is 5.69 Å². The molecule has 3 aromatic carbocycles. The summed E-state index contributed by atoms with van der Waals surface area (Å²) in [6.07, 6.45) is -1.15. The molecule has 13 heteroatoms. The fourth-order valence-corrected chi connectivity index (χ4v) is 10.8. The molecule has 292 valence electrons. The minimum Gasteiger partial charge on any atom is -0.489 e. The molecule has 0 spiro atoms. The minimum atomic E-state index is -1.26. The summed E-state index contributed by atoms with van der Waals surface area (Å²) in [4.78, 5) is 59.1. The van der Waals surface area contributed by atoms with Crippen molar-refractivity contribution in [3.63, 3.8) is 0 Å². The molecule has 0 bridgehead atoms. The number of carbonyl (C=O) groups is 4. The molecule has 3 aromatic rings. The molecule has 6 aliphatic rings. The lowest BCUT2D eigenvalue weighted by molar-refractivity contribution is -0.199. The van der Waals surface area contributed by atoms with Gasteiger partial charge in [-0.3, -0.25) is 34.3 Å². The second-order valence-corrected chi connectivity index (χ2v) is 17.8. The Balaban J connectivity index is 0.798. The van der Waals surface area contributed by atoms with Gasteiger partial charge in [0, 0.05) is 102 Å². The Labute approximate surface area is 336 Å². The number of anilines is 1. The number of nitrogens with zero attached hydrogens (tertiary/aromatic N) is 5. The van der Waals surface area contributed by atoms with E-state index in [0.29, 0.717) is 45.6 Å². The first-order chi connectivity index (χ1) is 27.2. The molecule has 0 radical (unpaired) electrons. The molecule has 5 aliphatic heterocycles. The van der Waals surface area contributed by atoms with Crippen LogP contribution < -0.4 is 15.0 Å². The van der Waals surface area contributed by atoms with Crippen LogP contribution in [0.2, 0.25) is 5.02 Å². The molecule has 12 nitrogen and oxygen atoms in total. The number of halogens is 1. The number of hydrogen-bond acceptors (Lipinski definition) is 9. The van der Waals surface area contributed by atoms with E-state index in [9.17, 15) is 29.5 Å². The second-order valence-electron chi connectivity index (χ2n) is 17.4. The number of piperidine rings is 1. The van der Waals surface area contributed by atoms with Gasteiger partial charge in [-0.15, -0.1) is 0 Å². The Morgan fingerprint density at radius 2 is 1.68 bits per heavy atom. The maximum atomic E-state index is 13.8. The van der Waals surface area contributed by atoms with E-state index in [1.165, 1.54) is 4.90 Å². The SMILES string of the molecule is CC1(C)[C@H](Oc2ccc(C#N)c(Cl)c2)C(C)(C)[C@H]1N1Cc2cc(C#CC3CN(C4CN(c5cccc6c5C(O)N(C5CCC(=O)NC5=O)C6=O)C4)C3)ccc2C1=O. The lowest BCUT2D eigenvalue weighted by Gasteiger charge is -2.65. The molecule has 1 saturated carbocycles. The predicted octanol–water partition coefficient (Wildman–Crippen LogP) is 4.47. The number of benzene rings is 3. The Hall–Kier alpha value is -5.40. The number of likely N-dealkylation sites (tertiary alicyclic amines) is 1. The van der Waals surface area contributed by atoms with Gasteiger partial charge in [-0.2, -0.15) is 5.26 Å². The van der Waals surface area contributed by atoms with Crippen LogP contribution >= 0.6 is 11.6 Å². The number of imide groups is 1. The van der Waals surface area contributed by atoms with Gasteiger partial charge in [0.15, 0.2) is 6.23 Å². The number of ether oxygens (including phenoxy) is 1. The molecule has 4 amide bonds. The molecule has 1 aliphatic carbocycles. The normalized spacial score (nSPS) is 26.4. The van der Waals surface area contributed by atoms with Crippen molar-refractivity contribution in [2.45, 2.75) is 77.5 Å². The Bertz CT molecular complexity index is 2350. The molecule has 2 atom stereocenters. The average Bonchev–Trinajstić information content (AvgIpc) is 3.57. The van der Waals surface area contributed by atoms with Crippen LogP contribution in [0.5, 0.6) is 5.75 Å². The van der Waals surface area contributed by atoms with Gasteiger partial charge < -0.3 is 19.6 Å². The van der Waals surface area contributed by atoms with Gasteiger partial charge in [-0.25, -0.2) is 0 Å². The van der Waals surface area contributed by atoms with Crippen molar-refractivity contribution < 1.29 is 29.0 Å². The molecule has 2 unspecified atom stereocenters. The maximum Gasteiger partial charge on any atom is 0.257 e. The number of aliphatic hydroxyl groups is 1. The monoisotopic (exact) mass is 786 g/mol. The highest BCUT2D eigenvalue weighted by molar-refractivity contribution is 6.31. The van der Waals surface area contributed by atoms with Crippen LogP contribution in [0.3, 0.4) is 0 Å². The quantitative estimate of drug-likeness (QED) is 0.273. The Morgan fingerprint density at radius 1 is 0.930 bits per heavy atom. The van der Waals surface area contributed by atoms with Crippen molar-refractivity contribution in [3.8, 4) is 23.7 Å². The maximum absolute atomic E-state index is 13.8. The van der Waals surface area contributed by atoms with Crippen LogP contribution in [0.25, 0.3) is 0 Å². The van der Waals surface area contributed by atoms with Gasteiger partial charge in [0.2, 0.25) is 11.8 Å². The number of carbonyl (C=O) groups excluding carboxylic acids is 4. The number of hydrogen-bond donors (Lipinski definition) is 2. The molecule has 0 aromatic heterocycles. The van der Waals surface area contributed by atoms with Crippen molar-refractivity contribution in [1.29, 1.82) is 5.26 Å². The Kier molecular flexibility index (Phi) is 8.70. The van der Waals surface area contributed by atoms with Gasteiger partial charge in [0.1, 0.15) is 24.0 Å². The average molecular weight is 787 g/mol. The van der Waals surface area contributed by atoms with E-state index in [2.05, 4.69) is 60.7 Å². The lowest BCUT2D eigenvalue weighted by Crippen LogP contribution is -2.74. The number of fused-ring (bicyclic) bond motifs is 2. The van der Waals surface area contributed by atoms with Gasteiger partial charge in [-0.1, -0.05) is 57.2 Å². The highest BCUT2D eigenvalue weighted by Gasteiger charge is 2.67. The first-order valence-electron chi connectivity index (χ1n) is 19.5. The standard InChI is InChI=1S/C44H43ClN6O6/c1-43(2)41(44(3,4)42(43)57-29-12-11-26(18-46)32(45)17-29)50-21-27-16-24(10-13-30(27)38(50)54)8-9-25-19-48(20-25)28-22-49(23-28)33-7-5-6-31-36(33)40(56)51(39(31)55)34-14-15-35(52)47-37(34)53/h5-7,10-13,16-17,25,28,34,40-42,56H,14-15,19-23H2,1-4H3,(H,47,52,53)/t34?,40?,41-,42-. The third kappa shape index (κ3) is 5.88. The second kappa shape index (κ2) is 13.3. The number of aliphatic hydroxyl groups excluding tert-OH is 1. The predicted molar refractivity (Wildman–Crippen MR) is 210 cm³/mol. The third-order valence-electron chi connectivity index (χ3n) is 13.0. The van der Waals surface area contributed by atoms with Crippen molar-refractivity contribution >= 4 is 40.9 Å². The van der Waals surface area contributed by atoms with E-state index in [-0.39, 0.29) is 53.5 Å². The molecule has 9 rings (SSSR count). The Morgan fingerprint density at radius 3 is 2.39 bits per heavy atom. The van der Waals surface area contributed by atoms with Crippen molar-refractivity contribution in [2.24, 2.45) is 16.7 Å². The van der Waals surface area contributed by atoms with Gasteiger partial charge in [0.05, 0.1) is 10.6 Å². The third-order valence-corrected chi connectivity index (χ3v) is 13.3. The summed E-state index contributed by atoms with van der Waals surface area (Å²) in [6, 6.07) is 17.8. The summed E-state index contributed by atoms with van der Waals surface area (Å²) in [5.74, 6) is 6.33. The highest BCUT2D eigenvalue weighted by Crippen LogP contribution is 2.59. The number of amides is 4. The highest BCUT2D eigenvalue weighted by atomic mass is 35.5.